The fourth-order valence-corrected chi connectivity index (χ4v) is 3.02. The summed E-state index contributed by atoms with van der Waals surface area (Å²) in [7, 11) is 0. The molecule has 0 unspecified atom stereocenters. The highest BCUT2D eigenvalue weighted by atomic mass is 16.3. The third-order valence-electron chi connectivity index (χ3n) is 4.02. The fraction of sp³-hybridized carbons (Fsp3) is 0.158. The number of hydrogen-bond donors (Lipinski definition) is 0. The van der Waals surface area contributed by atoms with E-state index in [0.29, 0.717) is 5.92 Å². The summed E-state index contributed by atoms with van der Waals surface area (Å²) in [5.74, 6) is 0.492. The molecular formula is C19H16O. The van der Waals surface area contributed by atoms with E-state index in [-0.39, 0.29) is 0 Å². The maximum atomic E-state index is 6.05. The smallest absolute Gasteiger partial charge is 0.136 e. The molecule has 0 atom stereocenters. The van der Waals surface area contributed by atoms with Crippen LogP contribution in [0, 0.1) is 0 Å². The minimum atomic E-state index is 0.492. The predicted molar refractivity (Wildman–Crippen MR) is 85.3 cm³/mol. The van der Waals surface area contributed by atoms with Gasteiger partial charge in [0.25, 0.3) is 0 Å². The van der Waals surface area contributed by atoms with Gasteiger partial charge < -0.3 is 4.42 Å². The molecule has 4 aromatic rings. The molecule has 0 N–H and O–H groups in total. The van der Waals surface area contributed by atoms with Gasteiger partial charge in [0.05, 0.1) is 0 Å². The lowest BCUT2D eigenvalue weighted by molar-refractivity contribution is 0.669. The topological polar surface area (TPSA) is 13.1 Å². The Hall–Kier alpha value is -2.28. The SMILES string of the molecule is CC(C)c1cccc2oc3cc4ccccc4cc3c12. The van der Waals surface area contributed by atoms with E-state index in [1.54, 1.807) is 0 Å². The Morgan fingerprint density at radius 1 is 0.800 bits per heavy atom. The van der Waals surface area contributed by atoms with Crippen molar-refractivity contribution >= 4 is 32.7 Å². The molecule has 0 spiro atoms. The Bertz CT molecular complexity index is 928. The molecule has 3 aromatic carbocycles. The molecule has 1 nitrogen and oxygen atoms in total. The highest BCUT2D eigenvalue weighted by molar-refractivity contribution is 6.11. The second kappa shape index (κ2) is 4.11. The van der Waals surface area contributed by atoms with Crippen LogP contribution in [0.4, 0.5) is 0 Å². The Kier molecular flexibility index (Phi) is 2.37. The largest absolute Gasteiger partial charge is 0.456 e. The predicted octanol–water partition coefficient (Wildman–Crippen LogP) is 5.86. The van der Waals surface area contributed by atoms with Crippen molar-refractivity contribution in [2.75, 3.05) is 0 Å². The lowest BCUT2D eigenvalue weighted by atomic mass is 9.96. The van der Waals surface area contributed by atoms with Crippen molar-refractivity contribution in [2.24, 2.45) is 0 Å². The normalized spacial score (nSPS) is 11.9. The molecule has 0 amide bonds. The zero-order chi connectivity index (χ0) is 13.7. The first-order valence-electron chi connectivity index (χ1n) is 7.08. The minimum absolute atomic E-state index is 0.492. The summed E-state index contributed by atoms with van der Waals surface area (Å²) in [5.41, 5.74) is 3.32. The number of fused-ring (bicyclic) bond motifs is 4. The summed E-state index contributed by atoms with van der Waals surface area (Å²) < 4.78 is 6.05. The standard InChI is InChI=1S/C19H16O/c1-12(2)15-8-5-9-17-19(15)16-10-13-6-3-4-7-14(13)11-18(16)20-17/h3-12H,1-2H3. The fourth-order valence-electron chi connectivity index (χ4n) is 3.02. The maximum Gasteiger partial charge on any atom is 0.136 e. The van der Waals surface area contributed by atoms with Gasteiger partial charge >= 0.3 is 0 Å². The van der Waals surface area contributed by atoms with E-state index in [1.165, 1.54) is 27.1 Å². The zero-order valence-electron chi connectivity index (χ0n) is 11.7. The average Bonchev–Trinajstić information content (AvgIpc) is 2.82. The van der Waals surface area contributed by atoms with Gasteiger partial charge in [-0.15, -0.1) is 0 Å². The number of furan rings is 1. The molecule has 0 radical (unpaired) electrons. The first-order chi connectivity index (χ1) is 9.74. The van der Waals surface area contributed by atoms with Crippen molar-refractivity contribution in [3.8, 4) is 0 Å². The summed E-state index contributed by atoms with van der Waals surface area (Å²) in [5, 5.41) is 4.98. The molecule has 98 valence electrons. The van der Waals surface area contributed by atoms with Gasteiger partial charge in [0.1, 0.15) is 11.2 Å². The van der Waals surface area contributed by atoms with E-state index in [0.717, 1.165) is 11.2 Å². The molecule has 0 aliphatic rings. The quantitative estimate of drug-likeness (QED) is 0.417. The highest BCUT2D eigenvalue weighted by Gasteiger charge is 2.13. The minimum Gasteiger partial charge on any atom is -0.456 e. The van der Waals surface area contributed by atoms with Gasteiger partial charge in [-0.05, 0) is 40.5 Å². The van der Waals surface area contributed by atoms with Crippen LogP contribution in [-0.4, -0.2) is 0 Å². The molecule has 1 heteroatoms. The van der Waals surface area contributed by atoms with Crippen LogP contribution in [0.1, 0.15) is 25.3 Å². The van der Waals surface area contributed by atoms with Crippen LogP contribution in [0.25, 0.3) is 32.7 Å². The van der Waals surface area contributed by atoms with Crippen molar-refractivity contribution < 1.29 is 4.42 Å². The van der Waals surface area contributed by atoms with Crippen LogP contribution in [0.5, 0.6) is 0 Å². The highest BCUT2D eigenvalue weighted by Crippen LogP contribution is 2.36. The number of rotatable bonds is 1. The number of hydrogen-bond acceptors (Lipinski definition) is 1. The van der Waals surface area contributed by atoms with E-state index in [4.69, 9.17) is 4.42 Å². The first-order valence-corrected chi connectivity index (χ1v) is 7.08. The van der Waals surface area contributed by atoms with Crippen molar-refractivity contribution in [3.63, 3.8) is 0 Å². The summed E-state index contributed by atoms with van der Waals surface area (Å²) in [4.78, 5) is 0. The molecule has 0 aliphatic heterocycles. The monoisotopic (exact) mass is 260 g/mol. The van der Waals surface area contributed by atoms with Crippen LogP contribution >= 0.6 is 0 Å². The van der Waals surface area contributed by atoms with Crippen molar-refractivity contribution in [3.05, 3.63) is 60.2 Å². The van der Waals surface area contributed by atoms with Gasteiger partial charge in [0.2, 0.25) is 0 Å². The maximum absolute atomic E-state index is 6.05. The van der Waals surface area contributed by atoms with Crippen LogP contribution in [0.15, 0.2) is 59.0 Å². The van der Waals surface area contributed by atoms with Gasteiger partial charge in [-0.3, -0.25) is 0 Å². The molecule has 0 bridgehead atoms. The van der Waals surface area contributed by atoms with Crippen molar-refractivity contribution in [1.29, 1.82) is 0 Å². The molecule has 0 saturated heterocycles. The average molecular weight is 260 g/mol. The summed E-state index contributed by atoms with van der Waals surface area (Å²) in [6.45, 7) is 4.46. The van der Waals surface area contributed by atoms with Gasteiger partial charge in [0.15, 0.2) is 0 Å². The first kappa shape index (κ1) is 11.5. The molecular weight excluding hydrogens is 244 g/mol. The zero-order valence-corrected chi connectivity index (χ0v) is 11.7. The summed E-state index contributed by atoms with van der Waals surface area (Å²) in [6, 6.07) is 19.2. The third kappa shape index (κ3) is 1.56. The van der Waals surface area contributed by atoms with Crippen LogP contribution in [0.2, 0.25) is 0 Å². The van der Waals surface area contributed by atoms with Gasteiger partial charge in [-0.2, -0.15) is 0 Å². The van der Waals surface area contributed by atoms with Crippen LogP contribution in [-0.2, 0) is 0 Å². The summed E-state index contributed by atoms with van der Waals surface area (Å²) >= 11 is 0. The molecule has 0 saturated carbocycles. The second-order valence-corrected chi connectivity index (χ2v) is 5.67. The Morgan fingerprint density at radius 3 is 2.30 bits per heavy atom. The van der Waals surface area contributed by atoms with Gasteiger partial charge in [-0.1, -0.05) is 50.2 Å². The van der Waals surface area contributed by atoms with Gasteiger partial charge in [0, 0.05) is 10.8 Å². The van der Waals surface area contributed by atoms with Crippen molar-refractivity contribution in [2.45, 2.75) is 19.8 Å². The lowest BCUT2D eigenvalue weighted by Gasteiger charge is -2.06. The van der Waals surface area contributed by atoms with E-state index < -0.39 is 0 Å². The third-order valence-corrected chi connectivity index (χ3v) is 4.02. The second-order valence-electron chi connectivity index (χ2n) is 5.67. The van der Waals surface area contributed by atoms with E-state index in [2.05, 4.69) is 68.4 Å². The Balaban J connectivity index is 2.22. The lowest BCUT2D eigenvalue weighted by Crippen LogP contribution is -1.87. The molecule has 0 fully saturated rings. The van der Waals surface area contributed by atoms with Crippen molar-refractivity contribution in [1.82, 2.24) is 0 Å². The van der Waals surface area contributed by atoms with E-state index in [9.17, 15) is 0 Å². The molecule has 1 heterocycles. The van der Waals surface area contributed by atoms with E-state index in [1.807, 2.05) is 0 Å². The molecule has 1 aromatic heterocycles. The molecule has 0 aliphatic carbocycles. The van der Waals surface area contributed by atoms with Gasteiger partial charge in [-0.25, -0.2) is 0 Å². The Labute approximate surface area is 117 Å². The molecule has 20 heavy (non-hydrogen) atoms. The van der Waals surface area contributed by atoms with E-state index >= 15 is 0 Å². The van der Waals surface area contributed by atoms with Crippen LogP contribution < -0.4 is 0 Å². The molecule has 4 rings (SSSR count). The number of benzene rings is 3. The summed E-state index contributed by atoms with van der Waals surface area (Å²) in [6.07, 6.45) is 0. The van der Waals surface area contributed by atoms with Crippen LogP contribution in [0.3, 0.4) is 0 Å². The Morgan fingerprint density at radius 2 is 1.55 bits per heavy atom.